The number of carbonyl (C=O) groups is 2. The number of nitrogens with one attached hydrogen (secondary N) is 1. The van der Waals surface area contributed by atoms with Crippen molar-refractivity contribution in [3.8, 4) is 0 Å². The molecule has 2 amide bonds. The summed E-state index contributed by atoms with van der Waals surface area (Å²) in [5.41, 5.74) is 3.53. The highest BCUT2D eigenvalue weighted by Crippen LogP contribution is 2.30. The maximum absolute atomic E-state index is 14.8. The number of carbonyl (C=O) groups excluding carboxylic acids is 2. The molecule has 0 unspecified atom stereocenters. The van der Waals surface area contributed by atoms with Crippen LogP contribution in [0.3, 0.4) is 0 Å². The van der Waals surface area contributed by atoms with Gasteiger partial charge in [-0.25, -0.2) is 8.42 Å². The number of nitrogens with zero attached hydrogens (tertiary/aromatic N) is 2. The first-order valence-electron chi connectivity index (χ1n) is 16.3. The van der Waals surface area contributed by atoms with E-state index in [0.29, 0.717) is 21.3 Å². The molecule has 1 N–H and O–H groups in total. The molecule has 0 heterocycles. The van der Waals surface area contributed by atoms with Gasteiger partial charge in [-0.05, 0) is 79.8 Å². The highest BCUT2D eigenvalue weighted by atomic mass is 35.5. The van der Waals surface area contributed by atoms with Gasteiger partial charge in [0.05, 0.1) is 10.6 Å². The molecule has 1 aliphatic rings. The molecule has 0 spiro atoms. The molecule has 0 radical (unpaired) electrons. The number of halogens is 2. The van der Waals surface area contributed by atoms with Crippen LogP contribution in [0.2, 0.25) is 10.0 Å². The molecule has 10 heteroatoms. The van der Waals surface area contributed by atoms with Gasteiger partial charge in [-0.3, -0.25) is 13.9 Å². The van der Waals surface area contributed by atoms with E-state index >= 15 is 0 Å². The Balaban J connectivity index is 1.60. The van der Waals surface area contributed by atoms with Crippen molar-refractivity contribution < 1.29 is 18.0 Å². The zero-order valence-electron chi connectivity index (χ0n) is 27.2. The van der Waals surface area contributed by atoms with Crippen LogP contribution in [0.5, 0.6) is 0 Å². The summed E-state index contributed by atoms with van der Waals surface area (Å²) in [4.78, 5) is 30.5. The first-order valence-corrected chi connectivity index (χ1v) is 18.5. The predicted octanol–water partition coefficient (Wildman–Crippen LogP) is 7.89. The maximum atomic E-state index is 14.8. The van der Waals surface area contributed by atoms with Crippen molar-refractivity contribution in [2.75, 3.05) is 10.8 Å². The van der Waals surface area contributed by atoms with Gasteiger partial charge in [0.1, 0.15) is 12.6 Å². The average Bonchev–Trinajstić information content (AvgIpc) is 3.08. The van der Waals surface area contributed by atoms with Gasteiger partial charge in [-0.1, -0.05) is 103 Å². The fourth-order valence-corrected chi connectivity index (χ4v) is 8.03. The second-order valence-electron chi connectivity index (χ2n) is 12.4. The first kappa shape index (κ1) is 35.5. The van der Waals surface area contributed by atoms with Gasteiger partial charge in [0, 0.05) is 34.6 Å². The molecule has 0 aromatic heterocycles. The molecule has 252 valence electrons. The lowest BCUT2D eigenvalue weighted by Gasteiger charge is -2.35. The van der Waals surface area contributed by atoms with Crippen LogP contribution in [-0.4, -0.2) is 43.8 Å². The normalized spacial score (nSPS) is 14.2. The highest BCUT2D eigenvalue weighted by Gasteiger charge is 2.36. The molecule has 5 rings (SSSR count). The van der Waals surface area contributed by atoms with Crippen molar-refractivity contribution in [3.05, 3.63) is 129 Å². The van der Waals surface area contributed by atoms with Crippen LogP contribution >= 0.6 is 23.2 Å². The third kappa shape index (κ3) is 8.59. The average molecular weight is 707 g/mol. The van der Waals surface area contributed by atoms with Gasteiger partial charge >= 0.3 is 0 Å². The number of anilines is 1. The smallest absolute Gasteiger partial charge is 0.264 e. The Morgan fingerprint density at radius 1 is 0.812 bits per heavy atom. The summed E-state index contributed by atoms with van der Waals surface area (Å²) in [6.07, 6.45) is 5.11. The molecule has 0 bridgehead atoms. The Bertz CT molecular complexity index is 1810. The molecule has 1 atom stereocenters. The molecular weight excluding hydrogens is 665 g/mol. The standard InChI is InChI=1S/C38H41Cl2N3O4S/c1-27-21-22-31(23-28(27)2)43(48(46,47)32-17-10-5-11-18-32)26-37(44)42(25-33-34(39)19-12-20-35(33)40)36(24-29-13-6-3-7-14-29)38(45)41-30-15-8-4-9-16-30/h3,5-7,10-14,17-23,30,36H,4,8-9,15-16,24-26H2,1-2H3,(H,41,45)/t36-/m0/s1. The molecule has 1 aliphatic carbocycles. The molecule has 4 aromatic carbocycles. The van der Waals surface area contributed by atoms with Crippen LogP contribution in [0, 0.1) is 13.8 Å². The van der Waals surface area contributed by atoms with E-state index in [9.17, 15) is 18.0 Å². The zero-order chi connectivity index (χ0) is 34.3. The van der Waals surface area contributed by atoms with Crippen LogP contribution in [0.15, 0.2) is 102 Å². The lowest BCUT2D eigenvalue weighted by Crippen LogP contribution is -2.55. The van der Waals surface area contributed by atoms with Crippen LogP contribution in [0.25, 0.3) is 0 Å². The van der Waals surface area contributed by atoms with Gasteiger partial charge < -0.3 is 10.2 Å². The largest absolute Gasteiger partial charge is 0.352 e. The summed E-state index contributed by atoms with van der Waals surface area (Å²) < 4.78 is 29.6. The topological polar surface area (TPSA) is 86.8 Å². The van der Waals surface area contributed by atoms with Crippen molar-refractivity contribution in [1.29, 1.82) is 0 Å². The second-order valence-corrected chi connectivity index (χ2v) is 15.0. The van der Waals surface area contributed by atoms with Gasteiger partial charge in [-0.15, -0.1) is 0 Å². The van der Waals surface area contributed by atoms with Gasteiger partial charge in [-0.2, -0.15) is 0 Å². The summed E-state index contributed by atoms with van der Waals surface area (Å²) in [5, 5.41) is 3.90. The lowest BCUT2D eigenvalue weighted by atomic mass is 9.94. The number of benzene rings is 4. The number of amides is 2. The Hall–Kier alpha value is -3.85. The third-order valence-electron chi connectivity index (χ3n) is 9.00. The number of hydrogen-bond donors (Lipinski definition) is 1. The van der Waals surface area contributed by atoms with Crippen LogP contribution in [0.4, 0.5) is 5.69 Å². The second kappa shape index (κ2) is 16.0. The van der Waals surface area contributed by atoms with Gasteiger partial charge in [0.15, 0.2) is 0 Å². The molecule has 4 aromatic rings. The van der Waals surface area contributed by atoms with E-state index in [1.165, 1.54) is 17.0 Å². The predicted molar refractivity (Wildman–Crippen MR) is 193 cm³/mol. The number of rotatable bonds is 12. The Morgan fingerprint density at radius 3 is 2.06 bits per heavy atom. The highest BCUT2D eigenvalue weighted by molar-refractivity contribution is 7.92. The van der Waals surface area contributed by atoms with Crippen molar-refractivity contribution in [2.45, 2.75) is 75.9 Å². The Labute approximate surface area is 293 Å². The Kier molecular flexibility index (Phi) is 11.8. The van der Waals surface area contributed by atoms with Gasteiger partial charge in [0.2, 0.25) is 11.8 Å². The van der Waals surface area contributed by atoms with Crippen molar-refractivity contribution >= 4 is 50.7 Å². The molecule has 1 fully saturated rings. The van der Waals surface area contributed by atoms with E-state index < -0.39 is 28.5 Å². The number of aryl methyl sites for hydroxylation is 2. The van der Waals surface area contributed by atoms with Crippen LogP contribution < -0.4 is 9.62 Å². The minimum atomic E-state index is -4.20. The number of sulfonamides is 1. The molecule has 0 aliphatic heterocycles. The quantitative estimate of drug-likeness (QED) is 0.162. The van der Waals surface area contributed by atoms with Crippen molar-refractivity contribution in [1.82, 2.24) is 10.2 Å². The Morgan fingerprint density at radius 2 is 1.44 bits per heavy atom. The van der Waals surface area contributed by atoms with Crippen LogP contribution in [0.1, 0.15) is 54.4 Å². The first-order chi connectivity index (χ1) is 23.0. The SMILES string of the molecule is Cc1ccc(N(CC(=O)N(Cc2c(Cl)cccc2Cl)[C@@H](Cc2ccccc2)C(=O)NC2CCCCC2)S(=O)(=O)c2ccccc2)cc1C. The molecule has 1 saturated carbocycles. The third-order valence-corrected chi connectivity index (χ3v) is 11.5. The van der Waals surface area contributed by atoms with Crippen LogP contribution in [-0.2, 0) is 32.6 Å². The fourth-order valence-electron chi connectivity index (χ4n) is 6.08. The monoisotopic (exact) mass is 705 g/mol. The van der Waals surface area contributed by atoms with Gasteiger partial charge in [0.25, 0.3) is 10.0 Å². The molecule has 7 nitrogen and oxygen atoms in total. The molecule has 48 heavy (non-hydrogen) atoms. The summed E-state index contributed by atoms with van der Waals surface area (Å²) in [6.45, 7) is 3.18. The van der Waals surface area contributed by atoms with E-state index in [1.54, 1.807) is 48.5 Å². The minimum Gasteiger partial charge on any atom is -0.352 e. The van der Waals surface area contributed by atoms with E-state index in [4.69, 9.17) is 23.2 Å². The zero-order valence-corrected chi connectivity index (χ0v) is 29.6. The summed E-state index contributed by atoms with van der Waals surface area (Å²) in [5.74, 6) is -0.866. The summed E-state index contributed by atoms with van der Waals surface area (Å²) >= 11 is 13.3. The van der Waals surface area contributed by atoms with E-state index in [1.807, 2.05) is 50.2 Å². The molecule has 0 saturated heterocycles. The van der Waals surface area contributed by atoms with Crippen molar-refractivity contribution in [2.24, 2.45) is 0 Å². The van der Waals surface area contributed by atoms with E-state index in [-0.39, 0.29) is 29.8 Å². The molecular formula is C38H41Cl2N3O4S. The summed E-state index contributed by atoms with van der Waals surface area (Å²) in [7, 11) is -4.20. The number of hydrogen-bond acceptors (Lipinski definition) is 4. The lowest BCUT2D eigenvalue weighted by molar-refractivity contribution is -0.140. The van der Waals surface area contributed by atoms with E-state index in [0.717, 1.165) is 53.1 Å². The summed E-state index contributed by atoms with van der Waals surface area (Å²) in [6, 6.07) is 26.9. The van der Waals surface area contributed by atoms with Crippen molar-refractivity contribution in [3.63, 3.8) is 0 Å². The fraction of sp³-hybridized carbons (Fsp3) is 0.316. The van der Waals surface area contributed by atoms with E-state index in [2.05, 4.69) is 5.32 Å². The maximum Gasteiger partial charge on any atom is 0.264 e. The minimum absolute atomic E-state index is 0.00383.